The summed E-state index contributed by atoms with van der Waals surface area (Å²) in [5.41, 5.74) is 2.55. The number of ether oxygens (including phenoxy) is 1. The molecule has 0 spiro atoms. The number of rotatable bonds is 7. The maximum atomic E-state index is 11.2. The Morgan fingerprint density at radius 3 is 2.63 bits per heavy atom. The molecule has 1 amide bonds. The Balaban J connectivity index is 2.36. The lowest BCUT2D eigenvalue weighted by atomic mass is 10.2. The monoisotopic (exact) mass is 267 g/mol. The van der Waals surface area contributed by atoms with Gasteiger partial charge in [-0.25, -0.2) is 5.84 Å². The lowest BCUT2D eigenvalue weighted by Crippen LogP contribution is -2.31. The average molecular weight is 267 g/mol. The Kier molecular flexibility index (Phi) is 6.27. The van der Waals surface area contributed by atoms with Gasteiger partial charge in [-0.05, 0) is 38.2 Å². The minimum absolute atomic E-state index is 0.330. The highest BCUT2D eigenvalue weighted by atomic mass is 16.5. The molecule has 4 N–H and O–H groups in total. The lowest BCUT2D eigenvalue weighted by molar-refractivity contribution is 0.0953. The van der Waals surface area contributed by atoms with Crippen LogP contribution in [0.3, 0.4) is 0 Å². The molecule has 0 aromatic heterocycles. The number of carbonyl (C=O) groups excluding carboxylic acids is 1. The van der Waals surface area contributed by atoms with E-state index < -0.39 is 0 Å². The maximum absolute atomic E-state index is 11.2. The molecule has 1 rings (SSSR count). The van der Waals surface area contributed by atoms with Crippen molar-refractivity contribution in [3.05, 3.63) is 29.8 Å². The summed E-state index contributed by atoms with van der Waals surface area (Å²) in [6, 6.07) is 6.74. The molecular weight excluding hydrogens is 246 g/mol. The van der Waals surface area contributed by atoms with E-state index in [1.165, 1.54) is 0 Å². The van der Waals surface area contributed by atoms with Crippen molar-refractivity contribution in [3.63, 3.8) is 0 Å². The second-order valence-corrected chi connectivity index (χ2v) is 4.46. The molecule has 1 atom stereocenters. The summed E-state index contributed by atoms with van der Waals surface area (Å²) in [5, 5.41) is 9.21. The van der Waals surface area contributed by atoms with Crippen LogP contribution >= 0.6 is 0 Å². The van der Waals surface area contributed by atoms with Crippen molar-refractivity contribution in [2.45, 2.75) is 13.0 Å². The van der Waals surface area contributed by atoms with Gasteiger partial charge in [-0.3, -0.25) is 10.2 Å². The summed E-state index contributed by atoms with van der Waals surface area (Å²) < 4.78 is 5.54. The zero-order valence-electron chi connectivity index (χ0n) is 11.3. The second kappa shape index (κ2) is 7.73. The van der Waals surface area contributed by atoms with Gasteiger partial charge in [0.25, 0.3) is 5.91 Å². The van der Waals surface area contributed by atoms with E-state index in [1.54, 1.807) is 31.2 Å². The Labute approximate surface area is 113 Å². The molecule has 1 unspecified atom stereocenters. The van der Waals surface area contributed by atoms with Gasteiger partial charge in [0.2, 0.25) is 0 Å². The zero-order valence-corrected chi connectivity index (χ0v) is 11.3. The van der Waals surface area contributed by atoms with Crippen LogP contribution < -0.4 is 16.0 Å². The highest BCUT2D eigenvalue weighted by Crippen LogP contribution is 2.11. The smallest absolute Gasteiger partial charge is 0.265 e. The van der Waals surface area contributed by atoms with Crippen molar-refractivity contribution < 1.29 is 14.6 Å². The molecule has 0 fully saturated rings. The van der Waals surface area contributed by atoms with Crippen LogP contribution in [0, 0.1) is 0 Å². The zero-order chi connectivity index (χ0) is 14.3. The topological polar surface area (TPSA) is 87.8 Å². The molecular formula is C13H21N3O3. The predicted octanol–water partition coefficient (Wildman–Crippen LogP) is -0.0185. The molecule has 0 radical (unpaired) electrons. The molecule has 0 saturated heterocycles. The van der Waals surface area contributed by atoms with Crippen LogP contribution in [0.15, 0.2) is 24.3 Å². The quantitative estimate of drug-likeness (QED) is 0.367. The fourth-order valence-corrected chi connectivity index (χ4v) is 1.65. The van der Waals surface area contributed by atoms with Crippen molar-refractivity contribution in [3.8, 4) is 5.75 Å². The van der Waals surface area contributed by atoms with Gasteiger partial charge < -0.3 is 14.7 Å². The summed E-state index contributed by atoms with van der Waals surface area (Å²) in [6.45, 7) is 3.60. The third-order valence-electron chi connectivity index (χ3n) is 2.57. The first-order valence-electron chi connectivity index (χ1n) is 6.13. The summed E-state index contributed by atoms with van der Waals surface area (Å²) in [5.74, 6) is 5.40. The molecule has 0 heterocycles. The Morgan fingerprint density at radius 2 is 2.11 bits per heavy atom. The predicted molar refractivity (Wildman–Crippen MR) is 72.8 cm³/mol. The Hall–Kier alpha value is -1.63. The number of nitrogens with one attached hydrogen (secondary N) is 1. The van der Waals surface area contributed by atoms with Gasteiger partial charge >= 0.3 is 0 Å². The number of nitrogen functional groups attached to an aromatic ring is 1. The van der Waals surface area contributed by atoms with Crippen molar-refractivity contribution in [1.29, 1.82) is 0 Å². The number of aliphatic hydroxyl groups excluding tert-OH is 1. The standard InChI is InChI=1S/C13H21N3O3/c1-10(17)9-16(2)7-8-19-12-5-3-11(4-6-12)13(18)15-14/h3-6,10,17H,7-9,14H2,1-2H3,(H,15,18). The molecule has 0 bridgehead atoms. The van der Waals surface area contributed by atoms with Crippen LogP contribution in [0.25, 0.3) is 0 Å². The first kappa shape index (κ1) is 15.4. The normalized spacial score (nSPS) is 12.3. The number of hydrazine groups is 1. The van der Waals surface area contributed by atoms with Gasteiger partial charge in [-0.1, -0.05) is 0 Å². The van der Waals surface area contributed by atoms with Gasteiger partial charge in [0.1, 0.15) is 12.4 Å². The van der Waals surface area contributed by atoms with Crippen LogP contribution in [0.1, 0.15) is 17.3 Å². The largest absolute Gasteiger partial charge is 0.492 e. The van der Waals surface area contributed by atoms with Crippen LogP contribution in [-0.4, -0.2) is 48.8 Å². The molecule has 6 heteroatoms. The van der Waals surface area contributed by atoms with Crippen LogP contribution in [-0.2, 0) is 0 Å². The molecule has 1 aromatic rings. The van der Waals surface area contributed by atoms with Gasteiger partial charge in [0.15, 0.2) is 0 Å². The molecule has 6 nitrogen and oxygen atoms in total. The third kappa shape index (κ3) is 5.69. The Morgan fingerprint density at radius 1 is 1.47 bits per heavy atom. The van der Waals surface area contributed by atoms with Gasteiger partial charge in [0, 0.05) is 18.7 Å². The van der Waals surface area contributed by atoms with E-state index in [-0.39, 0.29) is 12.0 Å². The van der Waals surface area contributed by atoms with Gasteiger partial charge in [-0.15, -0.1) is 0 Å². The number of carbonyl (C=O) groups is 1. The molecule has 106 valence electrons. The van der Waals surface area contributed by atoms with E-state index in [2.05, 4.69) is 5.43 Å². The van der Waals surface area contributed by atoms with Crippen molar-refractivity contribution in [1.82, 2.24) is 10.3 Å². The van der Waals surface area contributed by atoms with Crippen molar-refractivity contribution in [2.24, 2.45) is 5.84 Å². The molecule has 0 aliphatic carbocycles. The van der Waals surface area contributed by atoms with E-state index in [9.17, 15) is 9.90 Å². The Bertz CT molecular complexity index is 393. The molecule has 0 saturated carbocycles. The van der Waals surface area contributed by atoms with E-state index in [1.807, 2.05) is 11.9 Å². The second-order valence-electron chi connectivity index (χ2n) is 4.46. The lowest BCUT2D eigenvalue weighted by Gasteiger charge is -2.18. The molecule has 19 heavy (non-hydrogen) atoms. The fourth-order valence-electron chi connectivity index (χ4n) is 1.65. The van der Waals surface area contributed by atoms with Crippen LogP contribution in [0.5, 0.6) is 5.75 Å². The van der Waals surface area contributed by atoms with Crippen LogP contribution in [0.4, 0.5) is 0 Å². The van der Waals surface area contributed by atoms with E-state index in [0.29, 0.717) is 24.5 Å². The summed E-state index contributed by atoms with van der Waals surface area (Å²) in [4.78, 5) is 13.2. The first-order chi connectivity index (χ1) is 9.02. The summed E-state index contributed by atoms with van der Waals surface area (Å²) >= 11 is 0. The highest BCUT2D eigenvalue weighted by Gasteiger charge is 2.04. The number of hydrogen-bond donors (Lipinski definition) is 3. The minimum Gasteiger partial charge on any atom is -0.492 e. The van der Waals surface area contributed by atoms with Gasteiger partial charge in [-0.2, -0.15) is 0 Å². The number of likely N-dealkylation sites (N-methyl/N-ethyl adjacent to an activating group) is 1. The van der Waals surface area contributed by atoms with Gasteiger partial charge in [0.05, 0.1) is 6.10 Å². The minimum atomic E-state index is -0.348. The van der Waals surface area contributed by atoms with E-state index in [0.717, 1.165) is 6.54 Å². The molecule has 1 aromatic carbocycles. The van der Waals surface area contributed by atoms with Crippen LogP contribution in [0.2, 0.25) is 0 Å². The number of nitrogens with zero attached hydrogens (tertiary/aromatic N) is 1. The molecule has 0 aliphatic heterocycles. The van der Waals surface area contributed by atoms with E-state index >= 15 is 0 Å². The van der Waals surface area contributed by atoms with E-state index in [4.69, 9.17) is 10.6 Å². The maximum Gasteiger partial charge on any atom is 0.265 e. The van der Waals surface area contributed by atoms with Crippen molar-refractivity contribution >= 4 is 5.91 Å². The summed E-state index contributed by atoms with van der Waals surface area (Å²) in [7, 11) is 1.92. The average Bonchev–Trinajstić information content (AvgIpc) is 2.37. The number of aliphatic hydroxyl groups is 1. The number of amides is 1. The fraction of sp³-hybridized carbons (Fsp3) is 0.462. The number of benzene rings is 1. The first-order valence-corrected chi connectivity index (χ1v) is 6.13. The number of hydrogen-bond acceptors (Lipinski definition) is 5. The SMILES string of the molecule is CC(O)CN(C)CCOc1ccc(C(=O)NN)cc1. The number of nitrogens with two attached hydrogens (primary N) is 1. The summed E-state index contributed by atoms with van der Waals surface area (Å²) in [6.07, 6.45) is -0.348. The third-order valence-corrected chi connectivity index (χ3v) is 2.57. The highest BCUT2D eigenvalue weighted by molar-refractivity contribution is 5.93. The van der Waals surface area contributed by atoms with Crippen molar-refractivity contribution in [2.75, 3.05) is 26.7 Å². The molecule has 0 aliphatic rings.